The number of methoxy groups -OCH3 is 3. The highest BCUT2D eigenvalue weighted by Gasteiger charge is 2.38. The minimum atomic E-state index is -0.715. The first-order valence-electron chi connectivity index (χ1n) is 11.2. The molecule has 8 nitrogen and oxygen atoms in total. The normalized spacial score (nSPS) is 14.7. The van der Waals surface area contributed by atoms with Crippen molar-refractivity contribution in [3.05, 3.63) is 98.8 Å². The summed E-state index contributed by atoms with van der Waals surface area (Å²) in [6, 6.07) is 16.7. The summed E-state index contributed by atoms with van der Waals surface area (Å²) in [5, 5.41) is 0. The summed E-state index contributed by atoms with van der Waals surface area (Å²) in [5.74, 6) is 0.182. The fourth-order valence-corrected chi connectivity index (χ4v) is 4.43. The van der Waals surface area contributed by atoms with Gasteiger partial charge in [0.05, 0.1) is 32.8 Å². The Labute approximate surface area is 203 Å². The van der Waals surface area contributed by atoms with Crippen LogP contribution in [0.5, 0.6) is 17.2 Å². The van der Waals surface area contributed by atoms with Crippen molar-refractivity contribution in [1.82, 2.24) is 4.57 Å². The number of carbonyl (C=O) groups is 1. The molecule has 0 saturated carbocycles. The van der Waals surface area contributed by atoms with Gasteiger partial charge in [0, 0.05) is 18.3 Å². The number of benzene rings is 2. The summed E-state index contributed by atoms with van der Waals surface area (Å²) >= 11 is 0. The van der Waals surface area contributed by atoms with Gasteiger partial charge in [0.25, 0.3) is 5.56 Å². The Bertz CT molecular complexity index is 1340. The molecular formula is C27H28N2O6. The molecule has 0 amide bonds. The lowest BCUT2D eigenvalue weighted by molar-refractivity contribution is -0.136. The van der Waals surface area contributed by atoms with Gasteiger partial charge in [0.1, 0.15) is 11.3 Å². The van der Waals surface area contributed by atoms with Crippen LogP contribution in [0.2, 0.25) is 0 Å². The molecule has 0 saturated heterocycles. The number of aromatic nitrogens is 1. The highest BCUT2D eigenvalue weighted by molar-refractivity contribution is 5.92. The van der Waals surface area contributed by atoms with Crippen molar-refractivity contribution >= 4 is 5.97 Å². The lowest BCUT2D eigenvalue weighted by atomic mass is 9.83. The number of esters is 1. The number of pyridine rings is 1. The first-order chi connectivity index (χ1) is 16.9. The van der Waals surface area contributed by atoms with Crippen LogP contribution in [0.4, 0.5) is 0 Å². The van der Waals surface area contributed by atoms with Crippen molar-refractivity contribution in [1.29, 1.82) is 0 Å². The van der Waals surface area contributed by atoms with Crippen molar-refractivity contribution in [2.24, 2.45) is 5.73 Å². The second-order valence-electron chi connectivity index (χ2n) is 8.18. The average molecular weight is 477 g/mol. The molecule has 1 atom stereocenters. The molecule has 2 aromatic carbocycles. The number of ether oxygens (including phenoxy) is 4. The molecule has 8 heteroatoms. The molecule has 4 rings (SSSR count). The lowest BCUT2D eigenvalue weighted by Crippen LogP contribution is -2.35. The Morgan fingerprint density at radius 1 is 1.03 bits per heavy atom. The van der Waals surface area contributed by atoms with Crippen molar-refractivity contribution in [3.63, 3.8) is 0 Å². The highest BCUT2D eigenvalue weighted by Crippen LogP contribution is 2.41. The van der Waals surface area contributed by atoms with Gasteiger partial charge in [0.15, 0.2) is 11.5 Å². The van der Waals surface area contributed by atoms with Crippen LogP contribution >= 0.6 is 0 Å². The topological polar surface area (TPSA) is 102 Å². The van der Waals surface area contributed by atoms with Crippen LogP contribution in [0.15, 0.2) is 70.8 Å². The summed E-state index contributed by atoms with van der Waals surface area (Å²) in [7, 11) is 4.45. The fraction of sp³-hybridized carbons (Fsp3) is 0.259. The Hall–Kier alpha value is -4.20. The maximum Gasteiger partial charge on any atom is 0.340 e. The third kappa shape index (κ3) is 4.47. The van der Waals surface area contributed by atoms with E-state index in [9.17, 15) is 9.59 Å². The van der Waals surface area contributed by atoms with Crippen LogP contribution in [0.1, 0.15) is 28.3 Å². The summed E-state index contributed by atoms with van der Waals surface area (Å²) < 4.78 is 23.1. The van der Waals surface area contributed by atoms with Crippen molar-refractivity contribution < 1.29 is 23.7 Å². The van der Waals surface area contributed by atoms with Crippen LogP contribution in [-0.4, -0.2) is 31.9 Å². The molecule has 1 aliphatic heterocycles. The van der Waals surface area contributed by atoms with Crippen molar-refractivity contribution in [3.8, 4) is 17.2 Å². The minimum absolute atomic E-state index is 0.0694. The number of hydrogen-bond donors (Lipinski definition) is 1. The number of hydrogen-bond acceptors (Lipinski definition) is 7. The Morgan fingerprint density at radius 3 is 2.40 bits per heavy atom. The summed E-state index contributed by atoms with van der Waals surface area (Å²) in [6.45, 7) is 2.26. The van der Waals surface area contributed by atoms with E-state index in [0.717, 1.165) is 16.8 Å². The Balaban J connectivity index is 1.78. The largest absolute Gasteiger partial charge is 0.493 e. The summed E-state index contributed by atoms with van der Waals surface area (Å²) in [4.78, 5) is 26.5. The molecule has 0 unspecified atom stereocenters. The molecular weight excluding hydrogens is 448 g/mol. The number of rotatable bonds is 7. The molecule has 0 fully saturated rings. The van der Waals surface area contributed by atoms with E-state index in [4.69, 9.17) is 24.7 Å². The SMILES string of the molecule is COC(=O)C1=C(N)Oc2cc(C)n(CCc3ccc(OC)c(OC)c3)c(=O)c2[C@@H]1c1ccccc1. The van der Waals surface area contributed by atoms with Crippen LogP contribution in [0, 0.1) is 6.92 Å². The highest BCUT2D eigenvalue weighted by atomic mass is 16.5. The van der Waals surface area contributed by atoms with E-state index in [0.29, 0.717) is 35.8 Å². The van der Waals surface area contributed by atoms with Crippen LogP contribution in [0.3, 0.4) is 0 Å². The predicted molar refractivity (Wildman–Crippen MR) is 131 cm³/mol. The quantitative estimate of drug-likeness (QED) is 0.522. The zero-order chi connectivity index (χ0) is 25.1. The monoisotopic (exact) mass is 476 g/mol. The van der Waals surface area contributed by atoms with E-state index >= 15 is 0 Å². The third-order valence-corrected chi connectivity index (χ3v) is 6.18. The molecule has 0 aliphatic carbocycles. The van der Waals surface area contributed by atoms with Gasteiger partial charge in [-0.05, 0) is 36.6 Å². The molecule has 0 radical (unpaired) electrons. The van der Waals surface area contributed by atoms with Crippen LogP contribution in [-0.2, 0) is 22.5 Å². The lowest BCUT2D eigenvalue weighted by Gasteiger charge is -2.29. The van der Waals surface area contributed by atoms with Gasteiger partial charge >= 0.3 is 5.97 Å². The standard InChI is InChI=1S/C27H28N2O6/c1-16-14-21-23(22(18-8-6-5-7-9-18)24(25(28)35-21)27(31)34-4)26(30)29(16)13-12-17-10-11-19(32-2)20(15-17)33-3/h5-11,14-15,22H,12-13,28H2,1-4H3/t22-/m0/s1. The predicted octanol–water partition coefficient (Wildman–Crippen LogP) is 3.28. The molecule has 2 N–H and O–H groups in total. The van der Waals surface area contributed by atoms with Gasteiger partial charge < -0.3 is 29.2 Å². The second-order valence-corrected chi connectivity index (χ2v) is 8.18. The van der Waals surface area contributed by atoms with E-state index in [-0.39, 0.29) is 17.0 Å². The second kappa shape index (κ2) is 9.97. The number of fused-ring (bicyclic) bond motifs is 1. The fourth-order valence-electron chi connectivity index (χ4n) is 4.43. The van der Waals surface area contributed by atoms with Gasteiger partial charge in [-0.2, -0.15) is 0 Å². The summed E-state index contributed by atoms with van der Waals surface area (Å²) in [6.07, 6.45) is 0.582. The summed E-state index contributed by atoms with van der Waals surface area (Å²) in [5.41, 5.74) is 8.81. The first-order valence-corrected chi connectivity index (χ1v) is 11.2. The van der Waals surface area contributed by atoms with Gasteiger partial charge in [0.2, 0.25) is 5.88 Å². The maximum atomic E-state index is 13.8. The molecule has 35 heavy (non-hydrogen) atoms. The first kappa shape index (κ1) is 23.9. The zero-order valence-electron chi connectivity index (χ0n) is 20.2. The third-order valence-electron chi connectivity index (χ3n) is 6.18. The van der Waals surface area contributed by atoms with E-state index in [1.165, 1.54) is 7.11 Å². The van der Waals surface area contributed by atoms with Crippen LogP contribution < -0.4 is 25.5 Å². The van der Waals surface area contributed by atoms with E-state index < -0.39 is 11.9 Å². The molecule has 2 heterocycles. The van der Waals surface area contributed by atoms with Crippen LogP contribution in [0.25, 0.3) is 0 Å². The van der Waals surface area contributed by atoms with Gasteiger partial charge in [-0.1, -0.05) is 36.4 Å². The molecule has 3 aromatic rings. The number of nitrogens with zero attached hydrogens (tertiary/aromatic N) is 1. The molecule has 1 aliphatic rings. The molecule has 0 bridgehead atoms. The van der Waals surface area contributed by atoms with E-state index in [1.807, 2.05) is 55.5 Å². The van der Waals surface area contributed by atoms with Gasteiger partial charge in [-0.25, -0.2) is 4.79 Å². The number of nitrogens with two attached hydrogens (primary N) is 1. The minimum Gasteiger partial charge on any atom is -0.493 e. The van der Waals surface area contributed by atoms with E-state index in [1.54, 1.807) is 24.9 Å². The van der Waals surface area contributed by atoms with Crippen molar-refractivity contribution in [2.45, 2.75) is 25.8 Å². The maximum absolute atomic E-state index is 13.8. The number of aryl methyl sites for hydroxylation is 2. The Kier molecular flexibility index (Phi) is 6.82. The molecule has 182 valence electrons. The molecule has 0 spiro atoms. The average Bonchev–Trinajstić information content (AvgIpc) is 2.87. The Morgan fingerprint density at radius 2 is 1.74 bits per heavy atom. The zero-order valence-corrected chi connectivity index (χ0v) is 20.2. The smallest absolute Gasteiger partial charge is 0.340 e. The van der Waals surface area contributed by atoms with Gasteiger partial charge in [-0.3, -0.25) is 4.79 Å². The number of carbonyl (C=O) groups excluding carboxylic acids is 1. The van der Waals surface area contributed by atoms with Crippen molar-refractivity contribution in [2.75, 3.05) is 21.3 Å². The molecule has 1 aromatic heterocycles. The van der Waals surface area contributed by atoms with E-state index in [2.05, 4.69) is 0 Å². The van der Waals surface area contributed by atoms with Gasteiger partial charge in [-0.15, -0.1) is 0 Å².